The van der Waals surface area contributed by atoms with Crippen molar-refractivity contribution in [1.29, 1.82) is 0 Å². The van der Waals surface area contributed by atoms with Gasteiger partial charge in [0.2, 0.25) is 0 Å². The second-order valence-electron chi connectivity index (χ2n) is 4.40. The van der Waals surface area contributed by atoms with Crippen molar-refractivity contribution in [3.8, 4) is 0 Å². The Morgan fingerprint density at radius 3 is 2.58 bits per heavy atom. The Morgan fingerprint density at radius 2 is 2.00 bits per heavy atom. The van der Waals surface area contributed by atoms with E-state index in [4.69, 9.17) is 9.47 Å². The van der Waals surface area contributed by atoms with E-state index in [1.54, 1.807) is 0 Å². The van der Waals surface area contributed by atoms with Crippen molar-refractivity contribution in [2.75, 3.05) is 6.61 Å². The van der Waals surface area contributed by atoms with Crippen LogP contribution in [0.2, 0.25) is 0 Å². The molecule has 3 nitrogen and oxygen atoms in total. The number of benzene rings is 1. The number of carbonyl (C=O) groups excluding carboxylic acids is 1. The van der Waals surface area contributed by atoms with Gasteiger partial charge in [0, 0.05) is 13.3 Å². The molecule has 0 aliphatic rings. The average Bonchev–Trinajstić information content (AvgIpc) is 2.42. The Balaban J connectivity index is 2.29. The average molecular weight is 329 g/mol. The van der Waals surface area contributed by atoms with Crippen LogP contribution >= 0.6 is 15.9 Å². The van der Waals surface area contributed by atoms with Crippen molar-refractivity contribution >= 4 is 21.9 Å². The molecule has 0 bridgehead atoms. The van der Waals surface area contributed by atoms with Gasteiger partial charge in [-0.05, 0) is 12.0 Å². The summed E-state index contributed by atoms with van der Waals surface area (Å²) in [5, 5.41) is 0. The molecular weight excluding hydrogens is 308 g/mol. The molecule has 4 heteroatoms. The highest BCUT2D eigenvalue weighted by Crippen LogP contribution is 2.17. The molecule has 1 aromatic carbocycles. The quantitative estimate of drug-likeness (QED) is 0.414. The molecule has 0 amide bonds. The molecule has 0 aliphatic carbocycles. The molecule has 0 aliphatic heterocycles. The molecule has 0 aromatic heterocycles. The van der Waals surface area contributed by atoms with Crippen LogP contribution in [0.1, 0.15) is 32.3 Å². The van der Waals surface area contributed by atoms with E-state index in [9.17, 15) is 4.79 Å². The van der Waals surface area contributed by atoms with Gasteiger partial charge in [-0.25, -0.2) is 0 Å². The number of alkyl halides is 1. The molecule has 0 spiro atoms. The highest BCUT2D eigenvalue weighted by molar-refractivity contribution is 9.09. The predicted molar refractivity (Wildman–Crippen MR) is 79.3 cm³/mol. The van der Waals surface area contributed by atoms with Gasteiger partial charge in [0.15, 0.2) is 0 Å². The first-order valence-corrected chi connectivity index (χ1v) is 7.48. The third-order valence-corrected chi connectivity index (χ3v) is 4.01. The van der Waals surface area contributed by atoms with Gasteiger partial charge < -0.3 is 9.47 Å². The molecule has 106 valence electrons. The zero-order valence-corrected chi connectivity index (χ0v) is 13.1. The Hall–Kier alpha value is -0.870. The summed E-state index contributed by atoms with van der Waals surface area (Å²) in [7, 11) is 0. The number of carbonyl (C=O) groups is 1. The monoisotopic (exact) mass is 328 g/mol. The number of esters is 1. The summed E-state index contributed by atoms with van der Waals surface area (Å²) in [6.45, 7) is 4.66. The molecule has 0 N–H and O–H groups in total. The van der Waals surface area contributed by atoms with E-state index in [1.807, 2.05) is 30.3 Å². The van der Waals surface area contributed by atoms with E-state index in [0.29, 0.717) is 19.6 Å². The minimum atomic E-state index is -0.244. The molecule has 19 heavy (non-hydrogen) atoms. The number of halogens is 1. The van der Waals surface area contributed by atoms with Crippen molar-refractivity contribution < 1.29 is 14.3 Å². The number of rotatable bonds is 8. The number of ether oxygens (including phenoxy) is 2. The Kier molecular flexibility index (Phi) is 7.75. The SMILES string of the molecule is CC[C@H](Br)C(CCOCc1ccccc1)OC(C)=O. The first-order valence-electron chi connectivity index (χ1n) is 6.56. The van der Waals surface area contributed by atoms with Crippen LogP contribution in [0.5, 0.6) is 0 Å². The minimum Gasteiger partial charge on any atom is -0.461 e. The standard InChI is InChI=1S/C15H21BrO3/c1-3-14(16)15(19-12(2)17)9-10-18-11-13-7-5-4-6-8-13/h4-8,14-15H,3,9-11H2,1-2H3/t14-,15?/m0/s1. The third kappa shape index (κ3) is 6.73. The third-order valence-electron chi connectivity index (χ3n) is 2.77. The molecule has 0 saturated heterocycles. The fourth-order valence-corrected chi connectivity index (χ4v) is 2.13. The van der Waals surface area contributed by atoms with Gasteiger partial charge in [0.1, 0.15) is 6.10 Å². The lowest BCUT2D eigenvalue weighted by Gasteiger charge is -2.21. The molecule has 2 atom stereocenters. The molecule has 1 unspecified atom stereocenters. The van der Waals surface area contributed by atoms with Crippen LogP contribution in [-0.2, 0) is 20.9 Å². The van der Waals surface area contributed by atoms with Crippen LogP contribution in [0.15, 0.2) is 30.3 Å². The fourth-order valence-electron chi connectivity index (χ4n) is 1.75. The normalized spacial score (nSPS) is 13.8. The summed E-state index contributed by atoms with van der Waals surface area (Å²) in [5.74, 6) is -0.244. The number of hydrogen-bond donors (Lipinski definition) is 0. The van der Waals surface area contributed by atoms with Crippen LogP contribution in [0.3, 0.4) is 0 Å². The lowest BCUT2D eigenvalue weighted by molar-refractivity contribution is -0.147. The lowest BCUT2D eigenvalue weighted by atomic mass is 10.1. The zero-order valence-electron chi connectivity index (χ0n) is 11.5. The van der Waals surface area contributed by atoms with Crippen molar-refractivity contribution in [2.45, 2.75) is 44.2 Å². The summed E-state index contributed by atoms with van der Waals surface area (Å²) in [4.78, 5) is 11.2. The highest BCUT2D eigenvalue weighted by Gasteiger charge is 2.20. The highest BCUT2D eigenvalue weighted by atomic mass is 79.9. The lowest BCUT2D eigenvalue weighted by Crippen LogP contribution is -2.27. The summed E-state index contributed by atoms with van der Waals surface area (Å²) >= 11 is 3.54. The van der Waals surface area contributed by atoms with E-state index in [1.165, 1.54) is 6.92 Å². The smallest absolute Gasteiger partial charge is 0.302 e. The van der Waals surface area contributed by atoms with Gasteiger partial charge in [-0.2, -0.15) is 0 Å². The minimum absolute atomic E-state index is 0.127. The largest absolute Gasteiger partial charge is 0.461 e. The second-order valence-corrected chi connectivity index (χ2v) is 5.58. The molecular formula is C15H21BrO3. The Morgan fingerprint density at radius 1 is 1.32 bits per heavy atom. The molecule has 1 rings (SSSR count). The Labute approximate surface area is 123 Å². The fraction of sp³-hybridized carbons (Fsp3) is 0.533. The van der Waals surface area contributed by atoms with Crippen LogP contribution in [-0.4, -0.2) is 23.5 Å². The maximum absolute atomic E-state index is 11.0. The van der Waals surface area contributed by atoms with Crippen molar-refractivity contribution in [3.63, 3.8) is 0 Å². The summed E-state index contributed by atoms with van der Waals surface area (Å²) in [5.41, 5.74) is 1.15. The summed E-state index contributed by atoms with van der Waals surface area (Å²) in [6.07, 6.45) is 1.49. The predicted octanol–water partition coefficient (Wildman–Crippen LogP) is 3.70. The first kappa shape index (κ1) is 16.2. The van der Waals surface area contributed by atoms with Crippen molar-refractivity contribution in [3.05, 3.63) is 35.9 Å². The van der Waals surface area contributed by atoms with Gasteiger partial charge >= 0.3 is 5.97 Å². The van der Waals surface area contributed by atoms with E-state index in [-0.39, 0.29) is 16.9 Å². The first-order chi connectivity index (χ1) is 9.13. The topological polar surface area (TPSA) is 35.5 Å². The van der Waals surface area contributed by atoms with E-state index in [2.05, 4.69) is 22.9 Å². The zero-order chi connectivity index (χ0) is 14.1. The molecule has 0 fully saturated rings. The molecule has 0 heterocycles. The molecule has 0 saturated carbocycles. The van der Waals surface area contributed by atoms with Gasteiger partial charge in [-0.3, -0.25) is 4.79 Å². The van der Waals surface area contributed by atoms with Crippen molar-refractivity contribution in [1.82, 2.24) is 0 Å². The van der Waals surface area contributed by atoms with Crippen molar-refractivity contribution in [2.24, 2.45) is 0 Å². The maximum atomic E-state index is 11.0. The van der Waals surface area contributed by atoms with Gasteiger partial charge in [-0.15, -0.1) is 0 Å². The summed E-state index contributed by atoms with van der Waals surface area (Å²) in [6, 6.07) is 10.0. The van der Waals surface area contributed by atoms with Crippen LogP contribution < -0.4 is 0 Å². The van der Waals surface area contributed by atoms with E-state index < -0.39 is 0 Å². The van der Waals surface area contributed by atoms with Crippen LogP contribution in [0.25, 0.3) is 0 Å². The number of hydrogen-bond acceptors (Lipinski definition) is 3. The van der Waals surface area contributed by atoms with E-state index >= 15 is 0 Å². The van der Waals surface area contributed by atoms with Crippen LogP contribution in [0.4, 0.5) is 0 Å². The molecule has 0 radical (unpaired) electrons. The van der Waals surface area contributed by atoms with E-state index in [0.717, 1.165) is 12.0 Å². The maximum Gasteiger partial charge on any atom is 0.302 e. The van der Waals surface area contributed by atoms with Gasteiger partial charge in [-0.1, -0.05) is 53.2 Å². The van der Waals surface area contributed by atoms with Gasteiger partial charge in [0.05, 0.1) is 18.0 Å². The summed E-state index contributed by atoms with van der Waals surface area (Å²) < 4.78 is 10.9. The van der Waals surface area contributed by atoms with Gasteiger partial charge in [0.25, 0.3) is 0 Å². The second kappa shape index (κ2) is 9.10. The molecule has 1 aromatic rings. The Bertz CT molecular complexity index is 367. The van der Waals surface area contributed by atoms with Crippen LogP contribution in [0, 0.1) is 0 Å².